The molecule has 90 valence electrons. The Bertz CT molecular complexity index is 390. The molecule has 1 atom stereocenters. The van der Waals surface area contributed by atoms with E-state index in [9.17, 15) is 4.79 Å². The van der Waals surface area contributed by atoms with Gasteiger partial charge in [-0.05, 0) is 29.3 Å². The largest absolute Gasteiger partial charge is 0.480 e. The molecule has 0 fully saturated rings. The molecule has 0 bridgehead atoms. The summed E-state index contributed by atoms with van der Waals surface area (Å²) in [6.07, 6.45) is 0.850. The zero-order valence-electron chi connectivity index (χ0n) is 9.62. The summed E-state index contributed by atoms with van der Waals surface area (Å²) in [5.74, 6) is -0.853. The van der Waals surface area contributed by atoms with E-state index in [2.05, 4.69) is 26.3 Å². The van der Waals surface area contributed by atoms with Crippen molar-refractivity contribution in [2.75, 3.05) is 0 Å². The number of aliphatic carboxylic acids is 1. The number of nitrogens with one attached hydrogen (secondary N) is 1. The van der Waals surface area contributed by atoms with Crippen molar-refractivity contribution >= 4 is 21.9 Å². The van der Waals surface area contributed by atoms with Gasteiger partial charge < -0.3 is 5.11 Å². The average molecular weight is 290 g/mol. The van der Waals surface area contributed by atoms with E-state index in [1.807, 2.05) is 14.0 Å². The molecule has 1 aromatic rings. The quantitative estimate of drug-likeness (QED) is 0.858. The molecular formula is C10H16BrN3O2. The van der Waals surface area contributed by atoms with E-state index in [1.165, 1.54) is 0 Å². The number of carboxylic acids is 1. The van der Waals surface area contributed by atoms with Crippen LogP contribution in [0.4, 0.5) is 0 Å². The molecule has 0 aromatic carbocycles. The maximum absolute atomic E-state index is 10.7. The number of hydrogen-bond donors (Lipinski definition) is 2. The van der Waals surface area contributed by atoms with Gasteiger partial charge in [0.05, 0.1) is 15.9 Å². The maximum Gasteiger partial charge on any atom is 0.320 e. The highest BCUT2D eigenvalue weighted by Crippen LogP contribution is 2.21. The molecular weight excluding hydrogens is 274 g/mol. The van der Waals surface area contributed by atoms with Crippen LogP contribution in [-0.2, 0) is 24.8 Å². The first-order valence-electron chi connectivity index (χ1n) is 5.13. The molecule has 0 saturated heterocycles. The standard InChI is InChI=1S/C10H16BrN3O2/c1-4-7-9(11)8(14(3)13-7)5-12-6(2)10(15)16/h6,12H,4-5H2,1-3H3,(H,15,16)/t6-/m0/s1. The maximum atomic E-state index is 10.7. The first-order chi connectivity index (χ1) is 7.47. The van der Waals surface area contributed by atoms with E-state index < -0.39 is 12.0 Å². The molecule has 16 heavy (non-hydrogen) atoms. The van der Waals surface area contributed by atoms with Crippen LogP contribution in [0, 0.1) is 0 Å². The summed E-state index contributed by atoms with van der Waals surface area (Å²) in [6, 6.07) is -0.563. The van der Waals surface area contributed by atoms with Crippen molar-refractivity contribution in [2.45, 2.75) is 32.9 Å². The fourth-order valence-electron chi connectivity index (χ4n) is 1.35. The third-order valence-electron chi connectivity index (χ3n) is 2.45. The van der Waals surface area contributed by atoms with Gasteiger partial charge in [0.25, 0.3) is 0 Å². The van der Waals surface area contributed by atoms with Crippen LogP contribution in [-0.4, -0.2) is 26.9 Å². The second kappa shape index (κ2) is 5.45. The van der Waals surface area contributed by atoms with E-state index in [4.69, 9.17) is 5.11 Å². The lowest BCUT2D eigenvalue weighted by atomic mass is 10.3. The minimum atomic E-state index is -0.853. The lowest BCUT2D eigenvalue weighted by molar-refractivity contribution is -0.139. The number of hydrogen-bond acceptors (Lipinski definition) is 3. The molecule has 0 aliphatic heterocycles. The van der Waals surface area contributed by atoms with E-state index >= 15 is 0 Å². The summed E-state index contributed by atoms with van der Waals surface area (Å²) >= 11 is 3.48. The fourth-order valence-corrected chi connectivity index (χ4v) is 2.11. The third-order valence-corrected chi connectivity index (χ3v) is 3.36. The van der Waals surface area contributed by atoms with Crippen LogP contribution < -0.4 is 5.32 Å². The van der Waals surface area contributed by atoms with Gasteiger partial charge >= 0.3 is 5.97 Å². The first kappa shape index (κ1) is 13.2. The first-order valence-corrected chi connectivity index (χ1v) is 5.93. The molecule has 0 spiro atoms. The van der Waals surface area contributed by atoms with Crippen molar-refractivity contribution in [3.05, 3.63) is 15.9 Å². The van der Waals surface area contributed by atoms with Crippen molar-refractivity contribution < 1.29 is 9.90 Å². The molecule has 6 heteroatoms. The van der Waals surface area contributed by atoms with Gasteiger partial charge in [-0.1, -0.05) is 6.92 Å². The molecule has 0 radical (unpaired) electrons. The lowest BCUT2D eigenvalue weighted by Crippen LogP contribution is -2.33. The highest BCUT2D eigenvalue weighted by Gasteiger charge is 2.15. The third kappa shape index (κ3) is 2.82. The minimum Gasteiger partial charge on any atom is -0.480 e. The van der Waals surface area contributed by atoms with Crippen LogP contribution in [0.15, 0.2) is 4.47 Å². The Morgan fingerprint density at radius 2 is 2.31 bits per heavy atom. The number of rotatable bonds is 5. The summed E-state index contributed by atoms with van der Waals surface area (Å²) in [4.78, 5) is 10.7. The van der Waals surface area contributed by atoms with Gasteiger partial charge in [-0.3, -0.25) is 14.8 Å². The second-order valence-corrected chi connectivity index (χ2v) is 4.42. The molecule has 0 amide bonds. The van der Waals surface area contributed by atoms with Gasteiger partial charge in [-0.2, -0.15) is 5.10 Å². The van der Waals surface area contributed by atoms with Gasteiger partial charge in [0, 0.05) is 13.6 Å². The minimum absolute atomic E-state index is 0.484. The van der Waals surface area contributed by atoms with Gasteiger partial charge in [0.15, 0.2) is 0 Å². The van der Waals surface area contributed by atoms with Crippen molar-refractivity contribution in [3.63, 3.8) is 0 Å². The van der Waals surface area contributed by atoms with Gasteiger partial charge in [0.2, 0.25) is 0 Å². The van der Waals surface area contributed by atoms with Gasteiger partial charge in [0.1, 0.15) is 6.04 Å². The molecule has 5 nitrogen and oxygen atoms in total. The van der Waals surface area contributed by atoms with Crippen molar-refractivity contribution in [1.29, 1.82) is 0 Å². The predicted octanol–water partition coefficient (Wildman–Crippen LogP) is 1.31. The Morgan fingerprint density at radius 3 is 2.75 bits per heavy atom. The Balaban J connectivity index is 2.74. The molecule has 0 aliphatic rings. The van der Waals surface area contributed by atoms with Crippen LogP contribution in [0.5, 0.6) is 0 Å². The zero-order valence-corrected chi connectivity index (χ0v) is 11.2. The van der Waals surface area contributed by atoms with Gasteiger partial charge in [-0.15, -0.1) is 0 Å². The highest BCUT2D eigenvalue weighted by molar-refractivity contribution is 9.10. The SMILES string of the molecule is CCc1nn(C)c(CN[C@@H](C)C(=O)O)c1Br. The van der Waals surface area contributed by atoms with E-state index in [1.54, 1.807) is 11.6 Å². The van der Waals surface area contributed by atoms with E-state index in [0.29, 0.717) is 6.54 Å². The second-order valence-electron chi connectivity index (χ2n) is 3.63. The monoisotopic (exact) mass is 289 g/mol. The molecule has 0 unspecified atom stereocenters. The summed E-state index contributed by atoms with van der Waals surface area (Å²) in [6.45, 7) is 4.13. The Hall–Kier alpha value is -0.880. The topological polar surface area (TPSA) is 67.2 Å². The normalized spacial score (nSPS) is 12.8. The fraction of sp³-hybridized carbons (Fsp3) is 0.600. The summed E-state index contributed by atoms with van der Waals surface area (Å²) < 4.78 is 2.73. The average Bonchev–Trinajstić information content (AvgIpc) is 2.51. The number of halogens is 1. The van der Waals surface area contributed by atoms with Crippen LogP contribution in [0.2, 0.25) is 0 Å². The Kier molecular flexibility index (Phi) is 4.49. The van der Waals surface area contributed by atoms with E-state index in [-0.39, 0.29) is 0 Å². The predicted molar refractivity (Wildman–Crippen MR) is 64.2 cm³/mol. The number of carbonyl (C=O) groups is 1. The Morgan fingerprint density at radius 1 is 1.69 bits per heavy atom. The Labute approximate surface area is 103 Å². The van der Waals surface area contributed by atoms with Crippen molar-refractivity contribution in [3.8, 4) is 0 Å². The van der Waals surface area contributed by atoms with Crippen LogP contribution in [0.1, 0.15) is 25.2 Å². The lowest BCUT2D eigenvalue weighted by Gasteiger charge is -2.09. The van der Waals surface area contributed by atoms with Crippen LogP contribution in [0.3, 0.4) is 0 Å². The summed E-state index contributed by atoms with van der Waals surface area (Å²) in [5.41, 5.74) is 1.95. The molecule has 0 aliphatic carbocycles. The van der Waals surface area contributed by atoms with Crippen molar-refractivity contribution in [1.82, 2.24) is 15.1 Å². The molecule has 1 aromatic heterocycles. The van der Waals surface area contributed by atoms with E-state index in [0.717, 1.165) is 22.3 Å². The van der Waals surface area contributed by atoms with Gasteiger partial charge in [-0.25, -0.2) is 0 Å². The van der Waals surface area contributed by atoms with Crippen LogP contribution in [0.25, 0.3) is 0 Å². The zero-order chi connectivity index (χ0) is 12.3. The highest BCUT2D eigenvalue weighted by atomic mass is 79.9. The smallest absolute Gasteiger partial charge is 0.320 e. The number of nitrogens with zero attached hydrogens (tertiary/aromatic N) is 2. The molecule has 0 saturated carbocycles. The molecule has 2 N–H and O–H groups in total. The summed E-state index contributed by atoms with van der Waals surface area (Å²) in [5, 5.41) is 16.0. The van der Waals surface area contributed by atoms with Crippen molar-refractivity contribution in [2.24, 2.45) is 7.05 Å². The number of carboxylic acid groups (broad SMARTS) is 1. The summed E-state index contributed by atoms with van der Waals surface area (Å²) in [7, 11) is 1.85. The molecule has 1 rings (SSSR count). The van der Waals surface area contributed by atoms with Crippen LogP contribution >= 0.6 is 15.9 Å². The molecule has 1 heterocycles. The number of aryl methyl sites for hydroxylation is 2. The number of aromatic nitrogens is 2.